The molecule has 0 aliphatic carbocycles. The van der Waals surface area contributed by atoms with Gasteiger partial charge in [0.2, 0.25) is 5.91 Å². The molecule has 76 valence electrons. The summed E-state index contributed by atoms with van der Waals surface area (Å²) in [6.45, 7) is 1.60. The average molecular weight is 188 g/mol. The SMILES string of the molecule is COC(CN)CC(=O)NC1COC1. The van der Waals surface area contributed by atoms with Crippen LogP contribution in [-0.4, -0.2) is 44.9 Å². The predicted molar refractivity (Wildman–Crippen MR) is 47.2 cm³/mol. The topological polar surface area (TPSA) is 73.6 Å². The fourth-order valence-corrected chi connectivity index (χ4v) is 1.08. The Balaban J connectivity index is 2.14. The largest absolute Gasteiger partial charge is 0.380 e. The molecule has 1 fully saturated rings. The summed E-state index contributed by atoms with van der Waals surface area (Å²) in [6.07, 6.45) is 0.143. The van der Waals surface area contributed by atoms with Crippen molar-refractivity contribution in [3.63, 3.8) is 0 Å². The van der Waals surface area contributed by atoms with E-state index in [-0.39, 0.29) is 18.1 Å². The lowest BCUT2D eigenvalue weighted by Crippen LogP contribution is -2.49. The molecule has 5 heteroatoms. The summed E-state index contributed by atoms with van der Waals surface area (Å²) in [4.78, 5) is 11.3. The molecule has 1 atom stereocenters. The number of ether oxygens (including phenoxy) is 2. The summed E-state index contributed by atoms with van der Waals surface area (Å²) in [5.41, 5.74) is 5.38. The zero-order valence-corrected chi connectivity index (χ0v) is 7.79. The quantitative estimate of drug-likeness (QED) is 0.572. The van der Waals surface area contributed by atoms with E-state index in [0.717, 1.165) is 0 Å². The van der Waals surface area contributed by atoms with Gasteiger partial charge >= 0.3 is 0 Å². The van der Waals surface area contributed by atoms with E-state index in [2.05, 4.69) is 5.32 Å². The van der Waals surface area contributed by atoms with E-state index in [4.69, 9.17) is 15.2 Å². The second-order valence-corrected chi connectivity index (χ2v) is 3.10. The van der Waals surface area contributed by atoms with Gasteiger partial charge in [0.15, 0.2) is 0 Å². The second kappa shape index (κ2) is 5.16. The van der Waals surface area contributed by atoms with Crippen LogP contribution in [0.3, 0.4) is 0 Å². The van der Waals surface area contributed by atoms with Gasteiger partial charge in [0.05, 0.1) is 31.8 Å². The zero-order chi connectivity index (χ0) is 9.68. The Kier molecular flexibility index (Phi) is 4.14. The lowest BCUT2D eigenvalue weighted by atomic mass is 10.2. The van der Waals surface area contributed by atoms with Gasteiger partial charge in [-0.3, -0.25) is 4.79 Å². The van der Waals surface area contributed by atoms with Crippen LogP contribution in [-0.2, 0) is 14.3 Å². The maximum atomic E-state index is 11.3. The van der Waals surface area contributed by atoms with Crippen molar-refractivity contribution >= 4 is 5.91 Å². The number of nitrogens with one attached hydrogen (secondary N) is 1. The Morgan fingerprint density at radius 3 is 2.85 bits per heavy atom. The molecule has 1 rings (SSSR count). The highest BCUT2D eigenvalue weighted by Gasteiger charge is 2.21. The Bertz CT molecular complexity index is 167. The molecule has 0 radical (unpaired) electrons. The van der Waals surface area contributed by atoms with E-state index in [0.29, 0.717) is 26.2 Å². The Morgan fingerprint density at radius 1 is 1.77 bits per heavy atom. The molecule has 0 spiro atoms. The molecule has 1 unspecified atom stereocenters. The molecule has 1 aliphatic heterocycles. The Labute approximate surface area is 77.6 Å². The molecular formula is C8H16N2O3. The number of hydrogen-bond donors (Lipinski definition) is 2. The molecule has 5 nitrogen and oxygen atoms in total. The van der Waals surface area contributed by atoms with E-state index < -0.39 is 0 Å². The average Bonchev–Trinajstić information content (AvgIpc) is 2.07. The van der Waals surface area contributed by atoms with Crippen LogP contribution in [0.25, 0.3) is 0 Å². The molecule has 0 saturated carbocycles. The number of rotatable bonds is 5. The predicted octanol–water partition coefficient (Wildman–Crippen LogP) is -1.13. The van der Waals surface area contributed by atoms with Crippen LogP contribution in [0.1, 0.15) is 6.42 Å². The first-order valence-corrected chi connectivity index (χ1v) is 4.36. The fraction of sp³-hybridized carbons (Fsp3) is 0.875. The van der Waals surface area contributed by atoms with Crippen LogP contribution in [0.4, 0.5) is 0 Å². The summed E-state index contributed by atoms with van der Waals surface area (Å²) in [7, 11) is 1.55. The third-order valence-corrected chi connectivity index (χ3v) is 2.01. The van der Waals surface area contributed by atoms with Gasteiger partial charge in [0, 0.05) is 13.7 Å². The lowest BCUT2D eigenvalue weighted by molar-refractivity contribution is -0.127. The lowest BCUT2D eigenvalue weighted by Gasteiger charge is -2.27. The van der Waals surface area contributed by atoms with Crippen molar-refractivity contribution in [2.24, 2.45) is 5.73 Å². The van der Waals surface area contributed by atoms with Gasteiger partial charge in [0.1, 0.15) is 0 Å². The van der Waals surface area contributed by atoms with Crippen LogP contribution < -0.4 is 11.1 Å². The maximum Gasteiger partial charge on any atom is 0.223 e. The normalized spacial score (nSPS) is 19.2. The zero-order valence-electron chi connectivity index (χ0n) is 7.79. The standard InChI is InChI=1S/C8H16N2O3/c1-12-7(3-9)2-8(11)10-6-4-13-5-6/h6-7H,2-5,9H2,1H3,(H,10,11). The van der Waals surface area contributed by atoms with Crippen molar-refractivity contribution in [1.29, 1.82) is 0 Å². The molecule has 13 heavy (non-hydrogen) atoms. The van der Waals surface area contributed by atoms with Crippen molar-refractivity contribution in [3.8, 4) is 0 Å². The van der Waals surface area contributed by atoms with Gasteiger partial charge < -0.3 is 20.5 Å². The molecule has 3 N–H and O–H groups in total. The minimum absolute atomic E-state index is 0.0226. The Hall–Kier alpha value is -0.650. The van der Waals surface area contributed by atoms with Crippen LogP contribution in [0.2, 0.25) is 0 Å². The number of amides is 1. The molecule has 1 amide bonds. The van der Waals surface area contributed by atoms with Gasteiger partial charge in [-0.05, 0) is 0 Å². The molecule has 1 aliphatic rings. The first-order valence-electron chi connectivity index (χ1n) is 4.36. The van der Waals surface area contributed by atoms with Gasteiger partial charge in [-0.1, -0.05) is 0 Å². The summed E-state index contributed by atoms with van der Waals surface area (Å²) in [6, 6.07) is 0.183. The monoisotopic (exact) mass is 188 g/mol. The van der Waals surface area contributed by atoms with Gasteiger partial charge in [-0.25, -0.2) is 0 Å². The van der Waals surface area contributed by atoms with Crippen molar-refractivity contribution < 1.29 is 14.3 Å². The van der Waals surface area contributed by atoms with E-state index in [1.165, 1.54) is 0 Å². The van der Waals surface area contributed by atoms with Crippen molar-refractivity contribution in [2.45, 2.75) is 18.6 Å². The third kappa shape index (κ3) is 3.30. The summed E-state index contributed by atoms with van der Waals surface area (Å²) in [5, 5.41) is 2.82. The molecule has 0 aromatic heterocycles. The number of methoxy groups -OCH3 is 1. The highest BCUT2D eigenvalue weighted by Crippen LogP contribution is 2.01. The summed E-state index contributed by atoms with van der Waals surface area (Å²) < 4.78 is 9.91. The minimum Gasteiger partial charge on any atom is -0.380 e. The fourth-order valence-electron chi connectivity index (χ4n) is 1.08. The third-order valence-electron chi connectivity index (χ3n) is 2.01. The molecule has 0 aromatic rings. The molecule has 1 heterocycles. The smallest absolute Gasteiger partial charge is 0.223 e. The van der Waals surface area contributed by atoms with Crippen molar-refractivity contribution in [3.05, 3.63) is 0 Å². The van der Waals surface area contributed by atoms with Crippen LogP contribution >= 0.6 is 0 Å². The van der Waals surface area contributed by atoms with Crippen LogP contribution in [0, 0.1) is 0 Å². The minimum atomic E-state index is -0.180. The van der Waals surface area contributed by atoms with Crippen LogP contribution in [0.15, 0.2) is 0 Å². The van der Waals surface area contributed by atoms with E-state index in [9.17, 15) is 4.79 Å². The van der Waals surface area contributed by atoms with Crippen LogP contribution in [0.5, 0.6) is 0 Å². The maximum absolute atomic E-state index is 11.3. The molecule has 1 saturated heterocycles. The first kappa shape index (κ1) is 10.4. The Morgan fingerprint density at radius 2 is 2.46 bits per heavy atom. The van der Waals surface area contributed by atoms with Gasteiger partial charge in [-0.15, -0.1) is 0 Å². The second-order valence-electron chi connectivity index (χ2n) is 3.10. The van der Waals surface area contributed by atoms with Crippen molar-refractivity contribution in [1.82, 2.24) is 5.32 Å². The highest BCUT2D eigenvalue weighted by atomic mass is 16.5. The first-order chi connectivity index (χ1) is 6.26. The highest BCUT2D eigenvalue weighted by molar-refractivity contribution is 5.76. The van der Waals surface area contributed by atoms with Gasteiger partial charge in [-0.2, -0.15) is 0 Å². The molecule has 0 bridgehead atoms. The summed E-state index contributed by atoms with van der Waals surface area (Å²) in [5.74, 6) is -0.0226. The molecule has 0 aromatic carbocycles. The van der Waals surface area contributed by atoms with Gasteiger partial charge in [0.25, 0.3) is 0 Å². The van der Waals surface area contributed by atoms with E-state index in [1.54, 1.807) is 7.11 Å². The van der Waals surface area contributed by atoms with Crippen molar-refractivity contribution in [2.75, 3.05) is 26.9 Å². The number of hydrogen-bond acceptors (Lipinski definition) is 4. The van der Waals surface area contributed by atoms with E-state index in [1.807, 2.05) is 0 Å². The summed E-state index contributed by atoms with van der Waals surface area (Å²) >= 11 is 0. The van der Waals surface area contributed by atoms with E-state index >= 15 is 0 Å². The molecular weight excluding hydrogens is 172 g/mol. The number of carbonyl (C=O) groups excluding carboxylic acids is 1. The number of nitrogens with two attached hydrogens (primary N) is 1. The number of carbonyl (C=O) groups is 1.